The van der Waals surface area contributed by atoms with Gasteiger partial charge in [-0.15, -0.1) is 0 Å². The molecule has 0 aliphatic heterocycles. The van der Waals surface area contributed by atoms with Gasteiger partial charge in [-0.25, -0.2) is 0 Å². The lowest BCUT2D eigenvalue weighted by molar-refractivity contribution is -0.873. The van der Waals surface area contributed by atoms with E-state index in [1.165, 1.54) is 0 Å². The lowest BCUT2D eigenvalue weighted by atomic mass is 9.95. The van der Waals surface area contributed by atoms with Crippen molar-refractivity contribution in [1.82, 2.24) is 0 Å². The van der Waals surface area contributed by atoms with E-state index in [0.717, 1.165) is 19.4 Å². The fraction of sp³-hybridized carbons (Fsp3) is 0.846. The number of hydrogen-bond donors (Lipinski definition) is 1. The van der Waals surface area contributed by atoms with Crippen LogP contribution in [0.15, 0.2) is 0 Å². The quantitative estimate of drug-likeness (QED) is 0.631. The molecule has 1 N–H and O–H groups in total. The zero-order valence-corrected chi connectivity index (χ0v) is 11.5. The van der Waals surface area contributed by atoms with E-state index in [9.17, 15) is 9.59 Å². The minimum Gasteiger partial charge on any atom is -0.481 e. The molecule has 1 atom stereocenters. The Hall–Kier alpha value is -0.900. The van der Waals surface area contributed by atoms with Crippen LogP contribution in [0.25, 0.3) is 0 Å². The predicted molar refractivity (Wildman–Crippen MR) is 67.8 cm³/mol. The molecule has 0 heterocycles. The van der Waals surface area contributed by atoms with E-state index in [0.29, 0.717) is 17.3 Å². The molecule has 0 bridgehead atoms. The third-order valence-electron chi connectivity index (χ3n) is 2.59. The lowest BCUT2D eigenvalue weighted by Crippen LogP contribution is -2.40. The largest absolute Gasteiger partial charge is 0.481 e. The van der Waals surface area contributed by atoms with Crippen LogP contribution < -0.4 is 0 Å². The zero-order chi connectivity index (χ0) is 13.5. The number of aliphatic carboxylic acids is 1. The summed E-state index contributed by atoms with van der Waals surface area (Å²) < 4.78 is 0.693. The smallest absolute Gasteiger partial charge is 0.303 e. The van der Waals surface area contributed by atoms with Crippen molar-refractivity contribution in [3.63, 3.8) is 0 Å². The van der Waals surface area contributed by atoms with Crippen molar-refractivity contribution in [2.45, 2.75) is 39.0 Å². The maximum atomic E-state index is 11.7. The van der Waals surface area contributed by atoms with Crippen molar-refractivity contribution < 1.29 is 19.2 Å². The van der Waals surface area contributed by atoms with E-state index in [1.807, 2.05) is 28.1 Å². The van der Waals surface area contributed by atoms with Gasteiger partial charge in [0.1, 0.15) is 5.78 Å². The topological polar surface area (TPSA) is 54.4 Å². The summed E-state index contributed by atoms with van der Waals surface area (Å²) in [6, 6.07) is 0. The molecule has 0 amide bonds. The van der Waals surface area contributed by atoms with Crippen LogP contribution in [-0.2, 0) is 9.59 Å². The second-order valence-corrected chi connectivity index (χ2v) is 5.78. The summed E-state index contributed by atoms with van der Waals surface area (Å²) in [5.41, 5.74) is 0. The fourth-order valence-electron chi connectivity index (χ4n) is 2.02. The number of Topliss-reactive ketones (excluding diaryl/α,β-unsaturated/α-hetero) is 1. The van der Waals surface area contributed by atoms with Gasteiger partial charge in [0.2, 0.25) is 0 Å². The van der Waals surface area contributed by atoms with Crippen LogP contribution in [0.1, 0.15) is 39.0 Å². The first-order chi connectivity index (χ1) is 7.74. The monoisotopic (exact) mass is 244 g/mol. The molecule has 17 heavy (non-hydrogen) atoms. The Labute approximate surface area is 104 Å². The van der Waals surface area contributed by atoms with Gasteiger partial charge in [-0.05, 0) is 6.42 Å². The highest BCUT2D eigenvalue weighted by Gasteiger charge is 2.23. The predicted octanol–water partition coefficient (Wildman–Crippen LogP) is 1.93. The summed E-state index contributed by atoms with van der Waals surface area (Å²) in [5, 5.41) is 8.85. The number of quaternary nitrogens is 1. The van der Waals surface area contributed by atoms with E-state index in [1.54, 1.807) is 0 Å². The molecule has 4 heteroatoms. The molecule has 0 radical (unpaired) electrons. The van der Waals surface area contributed by atoms with Gasteiger partial charge in [0.15, 0.2) is 0 Å². The maximum absolute atomic E-state index is 11.7. The Morgan fingerprint density at radius 2 is 1.76 bits per heavy atom. The van der Waals surface area contributed by atoms with Gasteiger partial charge < -0.3 is 9.59 Å². The summed E-state index contributed by atoms with van der Waals surface area (Å²) in [5.74, 6) is -0.657. The van der Waals surface area contributed by atoms with Crippen LogP contribution in [0.4, 0.5) is 0 Å². The second kappa shape index (κ2) is 7.43. The average molecular weight is 244 g/mol. The van der Waals surface area contributed by atoms with Gasteiger partial charge in [-0.2, -0.15) is 0 Å². The van der Waals surface area contributed by atoms with Crippen LogP contribution in [0, 0.1) is 5.92 Å². The Morgan fingerprint density at radius 1 is 1.18 bits per heavy atom. The van der Waals surface area contributed by atoms with Gasteiger partial charge in [0.05, 0.1) is 34.1 Å². The Kier molecular flexibility index (Phi) is 7.04. The van der Waals surface area contributed by atoms with Gasteiger partial charge in [0.25, 0.3) is 0 Å². The minimum absolute atomic E-state index is 0.0446. The molecule has 0 fully saturated rings. The molecule has 0 spiro atoms. The van der Waals surface area contributed by atoms with Crippen molar-refractivity contribution in [2.75, 3.05) is 27.7 Å². The van der Waals surface area contributed by atoms with Crippen molar-refractivity contribution in [2.24, 2.45) is 5.92 Å². The minimum atomic E-state index is -0.813. The highest BCUT2D eigenvalue weighted by molar-refractivity contribution is 5.79. The first kappa shape index (κ1) is 16.1. The van der Waals surface area contributed by atoms with E-state index in [-0.39, 0.29) is 18.1 Å². The Morgan fingerprint density at radius 3 is 2.18 bits per heavy atom. The highest BCUT2D eigenvalue weighted by Crippen LogP contribution is 2.15. The van der Waals surface area contributed by atoms with Crippen molar-refractivity contribution in [3.05, 3.63) is 0 Å². The van der Waals surface area contributed by atoms with Gasteiger partial charge in [0, 0.05) is 18.8 Å². The summed E-state index contributed by atoms with van der Waals surface area (Å²) in [6.45, 7) is 2.78. The molecular formula is C13H26NO3+. The number of ketones is 1. The molecule has 0 saturated heterocycles. The van der Waals surface area contributed by atoms with E-state index >= 15 is 0 Å². The van der Waals surface area contributed by atoms with Gasteiger partial charge in [-0.1, -0.05) is 13.3 Å². The molecular weight excluding hydrogens is 218 g/mol. The van der Waals surface area contributed by atoms with Crippen molar-refractivity contribution in [1.29, 1.82) is 0 Å². The average Bonchev–Trinajstić information content (AvgIpc) is 2.10. The highest BCUT2D eigenvalue weighted by atomic mass is 16.4. The molecule has 0 aliphatic carbocycles. The van der Waals surface area contributed by atoms with Crippen LogP contribution in [0.3, 0.4) is 0 Å². The van der Waals surface area contributed by atoms with Crippen molar-refractivity contribution >= 4 is 11.8 Å². The Bertz CT molecular complexity index is 256. The third-order valence-corrected chi connectivity index (χ3v) is 2.59. The SMILES string of the molecule is CCCCC(=O)CC(CC(=O)O)C[N+](C)(C)C. The molecule has 1 unspecified atom stereocenters. The number of carboxylic acid groups (broad SMARTS) is 1. The third kappa shape index (κ3) is 10.00. The summed E-state index contributed by atoms with van der Waals surface area (Å²) >= 11 is 0. The van der Waals surface area contributed by atoms with E-state index in [4.69, 9.17) is 5.11 Å². The summed E-state index contributed by atoms with van der Waals surface area (Å²) in [6.07, 6.45) is 2.99. The molecule has 0 rings (SSSR count). The number of unbranched alkanes of at least 4 members (excludes halogenated alkanes) is 1. The number of hydrogen-bond acceptors (Lipinski definition) is 2. The molecule has 0 saturated carbocycles. The summed E-state index contributed by atoms with van der Waals surface area (Å²) in [4.78, 5) is 22.5. The zero-order valence-electron chi connectivity index (χ0n) is 11.5. The first-order valence-electron chi connectivity index (χ1n) is 6.28. The number of carbonyl (C=O) groups is 2. The molecule has 0 aromatic heterocycles. The number of carbonyl (C=O) groups excluding carboxylic acids is 1. The second-order valence-electron chi connectivity index (χ2n) is 5.78. The molecule has 0 aromatic carbocycles. The maximum Gasteiger partial charge on any atom is 0.303 e. The molecule has 0 aromatic rings. The molecule has 100 valence electrons. The first-order valence-corrected chi connectivity index (χ1v) is 6.28. The van der Waals surface area contributed by atoms with Crippen LogP contribution in [0.5, 0.6) is 0 Å². The Balaban J connectivity index is 4.28. The fourth-order valence-corrected chi connectivity index (χ4v) is 2.02. The standard InChI is InChI=1S/C13H25NO3/c1-5-6-7-12(15)8-11(9-13(16)17)10-14(2,3)4/h11H,5-10H2,1-4H3/p+1. The van der Waals surface area contributed by atoms with Crippen LogP contribution in [0.2, 0.25) is 0 Å². The number of rotatable bonds is 9. The molecule has 4 nitrogen and oxygen atoms in total. The van der Waals surface area contributed by atoms with Crippen LogP contribution >= 0.6 is 0 Å². The van der Waals surface area contributed by atoms with E-state index < -0.39 is 5.97 Å². The molecule has 0 aliphatic rings. The number of carboxylic acids is 1. The van der Waals surface area contributed by atoms with Gasteiger partial charge >= 0.3 is 5.97 Å². The lowest BCUT2D eigenvalue weighted by Gasteiger charge is -2.28. The van der Waals surface area contributed by atoms with Crippen molar-refractivity contribution in [3.8, 4) is 0 Å². The number of nitrogens with zero attached hydrogens (tertiary/aromatic N) is 1. The normalized spacial score (nSPS) is 13.4. The van der Waals surface area contributed by atoms with E-state index in [2.05, 4.69) is 0 Å². The summed E-state index contributed by atoms with van der Waals surface area (Å²) in [7, 11) is 6.06. The van der Waals surface area contributed by atoms with Crippen LogP contribution in [-0.4, -0.2) is 49.0 Å². The van der Waals surface area contributed by atoms with Gasteiger partial charge in [-0.3, -0.25) is 9.59 Å².